The van der Waals surface area contributed by atoms with Gasteiger partial charge in [-0.2, -0.15) is 0 Å². The van der Waals surface area contributed by atoms with Crippen LogP contribution in [0.2, 0.25) is 0 Å². The van der Waals surface area contributed by atoms with Crippen LogP contribution in [0.15, 0.2) is 36.5 Å². The highest BCUT2D eigenvalue weighted by molar-refractivity contribution is 5.84. The van der Waals surface area contributed by atoms with Crippen molar-refractivity contribution in [2.45, 2.75) is 13.8 Å². The Hall–Kier alpha value is -1.61. The van der Waals surface area contributed by atoms with Crippen molar-refractivity contribution >= 4 is 10.9 Å². The summed E-state index contributed by atoms with van der Waals surface area (Å²) in [6, 6.07) is 9.70. The smallest absolute Gasteiger partial charge is 0.128 e. The van der Waals surface area contributed by atoms with Crippen LogP contribution in [0.1, 0.15) is 13.8 Å². The van der Waals surface area contributed by atoms with Gasteiger partial charge in [0.05, 0.1) is 18.7 Å². The van der Waals surface area contributed by atoms with Gasteiger partial charge in [0, 0.05) is 17.0 Å². The fourth-order valence-corrected chi connectivity index (χ4v) is 1.52. The Labute approximate surface area is 101 Å². The number of rotatable bonds is 4. The number of fused-ring (bicyclic) bond motifs is 1. The maximum atomic E-state index is 9.19. The second kappa shape index (κ2) is 4.72. The van der Waals surface area contributed by atoms with Gasteiger partial charge >= 0.3 is 0 Å². The minimum Gasteiger partial charge on any atom is -0.492 e. The lowest BCUT2D eigenvalue weighted by atomic mass is 9.96. The summed E-state index contributed by atoms with van der Waals surface area (Å²) in [7, 11) is 0. The van der Waals surface area contributed by atoms with Gasteiger partial charge in [-0.15, -0.1) is 0 Å². The maximum Gasteiger partial charge on any atom is 0.128 e. The van der Waals surface area contributed by atoms with Crippen LogP contribution in [-0.2, 0) is 0 Å². The summed E-state index contributed by atoms with van der Waals surface area (Å²) in [4.78, 5) is 4.28. The van der Waals surface area contributed by atoms with Crippen LogP contribution in [0.3, 0.4) is 0 Å². The Morgan fingerprint density at radius 2 is 2.06 bits per heavy atom. The summed E-state index contributed by atoms with van der Waals surface area (Å²) in [5.41, 5.74) is 0.691. The van der Waals surface area contributed by atoms with Gasteiger partial charge in [-0.1, -0.05) is 19.9 Å². The molecule has 1 heterocycles. The van der Waals surface area contributed by atoms with Gasteiger partial charge in [-0.05, 0) is 24.3 Å². The first-order chi connectivity index (χ1) is 8.12. The van der Waals surface area contributed by atoms with Crippen molar-refractivity contribution in [1.29, 1.82) is 0 Å². The molecule has 2 aromatic rings. The number of pyridine rings is 1. The minimum absolute atomic E-state index is 0.107. The molecule has 17 heavy (non-hydrogen) atoms. The molecule has 0 saturated heterocycles. The number of nitrogens with zero attached hydrogens (tertiary/aromatic N) is 1. The largest absolute Gasteiger partial charge is 0.492 e. The summed E-state index contributed by atoms with van der Waals surface area (Å²) < 4.78 is 5.77. The number of hydrogen-bond donors (Lipinski definition) is 1. The molecule has 3 nitrogen and oxygen atoms in total. The lowest BCUT2D eigenvalue weighted by Gasteiger charge is -2.22. The van der Waals surface area contributed by atoms with Crippen molar-refractivity contribution in [3.05, 3.63) is 36.5 Å². The van der Waals surface area contributed by atoms with Gasteiger partial charge < -0.3 is 9.84 Å². The van der Waals surface area contributed by atoms with Gasteiger partial charge in [-0.3, -0.25) is 4.98 Å². The highest BCUT2D eigenvalue weighted by atomic mass is 16.5. The third-order valence-corrected chi connectivity index (χ3v) is 2.65. The third-order valence-electron chi connectivity index (χ3n) is 2.65. The van der Waals surface area contributed by atoms with E-state index in [0.29, 0.717) is 6.61 Å². The molecule has 0 unspecified atom stereocenters. The van der Waals surface area contributed by atoms with Crippen molar-refractivity contribution in [2.24, 2.45) is 5.41 Å². The number of ether oxygens (including phenoxy) is 1. The van der Waals surface area contributed by atoms with Crippen LogP contribution in [0.4, 0.5) is 0 Å². The second-order valence-corrected chi connectivity index (χ2v) is 4.94. The zero-order valence-corrected chi connectivity index (χ0v) is 10.2. The van der Waals surface area contributed by atoms with Gasteiger partial charge in [0.1, 0.15) is 5.75 Å². The van der Waals surface area contributed by atoms with Gasteiger partial charge in [-0.25, -0.2) is 0 Å². The molecule has 0 atom stereocenters. The Bertz CT molecular complexity index is 503. The van der Waals surface area contributed by atoms with E-state index in [4.69, 9.17) is 4.74 Å². The molecule has 0 bridgehead atoms. The highest BCUT2D eigenvalue weighted by Gasteiger charge is 2.17. The van der Waals surface area contributed by atoms with E-state index in [1.807, 2.05) is 44.2 Å². The SMILES string of the molecule is CC(C)(CO)COc1cccc2ncccc12. The fourth-order valence-electron chi connectivity index (χ4n) is 1.52. The molecule has 0 amide bonds. The first kappa shape index (κ1) is 11.9. The molecular formula is C14H17NO2. The van der Waals surface area contributed by atoms with E-state index in [-0.39, 0.29) is 12.0 Å². The quantitative estimate of drug-likeness (QED) is 0.879. The number of benzene rings is 1. The molecule has 0 aliphatic heterocycles. The summed E-state index contributed by atoms with van der Waals surface area (Å²) in [5, 5.41) is 10.2. The van der Waals surface area contributed by atoms with E-state index in [2.05, 4.69) is 4.98 Å². The van der Waals surface area contributed by atoms with Gasteiger partial charge in [0.15, 0.2) is 0 Å². The monoisotopic (exact) mass is 231 g/mol. The molecule has 90 valence electrons. The van der Waals surface area contributed by atoms with Crippen molar-refractivity contribution in [3.8, 4) is 5.75 Å². The molecule has 0 saturated carbocycles. The van der Waals surface area contributed by atoms with Crippen molar-refractivity contribution < 1.29 is 9.84 Å². The van der Waals surface area contributed by atoms with Crippen LogP contribution in [0, 0.1) is 5.41 Å². The summed E-state index contributed by atoms with van der Waals surface area (Å²) in [6.45, 7) is 4.53. The standard InChI is InChI=1S/C14H17NO2/c1-14(2,9-16)10-17-13-7-3-6-12-11(13)5-4-8-15-12/h3-8,16H,9-10H2,1-2H3. The van der Waals surface area contributed by atoms with Gasteiger partial charge in [0.2, 0.25) is 0 Å². The topological polar surface area (TPSA) is 42.4 Å². The van der Waals surface area contributed by atoms with Crippen molar-refractivity contribution in [3.63, 3.8) is 0 Å². The molecule has 0 aliphatic carbocycles. The zero-order valence-electron chi connectivity index (χ0n) is 10.2. The average Bonchev–Trinajstić information content (AvgIpc) is 2.36. The predicted octanol–water partition coefficient (Wildman–Crippen LogP) is 2.63. The minimum atomic E-state index is -0.232. The number of hydrogen-bond acceptors (Lipinski definition) is 3. The zero-order chi connectivity index (χ0) is 12.3. The lowest BCUT2D eigenvalue weighted by Crippen LogP contribution is -2.25. The summed E-state index contributed by atoms with van der Waals surface area (Å²) in [6.07, 6.45) is 1.77. The van der Waals surface area contributed by atoms with Crippen LogP contribution in [-0.4, -0.2) is 23.3 Å². The van der Waals surface area contributed by atoms with Crippen LogP contribution in [0.25, 0.3) is 10.9 Å². The van der Waals surface area contributed by atoms with E-state index in [9.17, 15) is 5.11 Å². The molecule has 2 rings (SSSR count). The number of aliphatic hydroxyl groups is 1. The molecule has 1 aromatic heterocycles. The number of aliphatic hydroxyl groups excluding tert-OH is 1. The van der Waals surface area contributed by atoms with E-state index in [1.165, 1.54) is 0 Å². The molecule has 0 radical (unpaired) electrons. The van der Waals surface area contributed by atoms with E-state index >= 15 is 0 Å². The van der Waals surface area contributed by atoms with E-state index < -0.39 is 0 Å². The summed E-state index contributed by atoms with van der Waals surface area (Å²) in [5.74, 6) is 0.817. The Balaban J connectivity index is 2.24. The predicted molar refractivity (Wildman–Crippen MR) is 68.1 cm³/mol. The second-order valence-electron chi connectivity index (χ2n) is 4.94. The molecule has 3 heteroatoms. The Morgan fingerprint density at radius 1 is 1.24 bits per heavy atom. The Kier molecular flexibility index (Phi) is 3.29. The number of aromatic nitrogens is 1. The van der Waals surface area contributed by atoms with Gasteiger partial charge in [0.25, 0.3) is 0 Å². The first-order valence-electron chi connectivity index (χ1n) is 5.70. The van der Waals surface area contributed by atoms with Crippen LogP contribution < -0.4 is 4.74 Å². The Morgan fingerprint density at radius 3 is 2.82 bits per heavy atom. The molecule has 0 fully saturated rings. The first-order valence-corrected chi connectivity index (χ1v) is 5.70. The van der Waals surface area contributed by atoms with Crippen LogP contribution in [0.5, 0.6) is 5.75 Å². The highest BCUT2D eigenvalue weighted by Crippen LogP contribution is 2.25. The molecule has 1 aromatic carbocycles. The maximum absolute atomic E-state index is 9.19. The van der Waals surface area contributed by atoms with Crippen molar-refractivity contribution in [1.82, 2.24) is 4.98 Å². The van der Waals surface area contributed by atoms with Crippen LogP contribution >= 0.6 is 0 Å². The van der Waals surface area contributed by atoms with E-state index in [0.717, 1.165) is 16.7 Å². The molecule has 0 aliphatic rings. The molecule has 0 spiro atoms. The fraction of sp³-hybridized carbons (Fsp3) is 0.357. The van der Waals surface area contributed by atoms with E-state index in [1.54, 1.807) is 6.20 Å². The molecular weight excluding hydrogens is 214 g/mol. The molecule has 1 N–H and O–H groups in total. The average molecular weight is 231 g/mol. The van der Waals surface area contributed by atoms with Crippen molar-refractivity contribution in [2.75, 3.05) is 13.2 Å². The third kappa shape index (κ3) is 2.74. The normalized spacial score (nSPS) is 11.7. The lowest BCUT2D eigenvalue weighted by molar-refractivity contribution is 0.0983. The summed E-state index contributed by atoms with van der Waals surface area (Å²) >= 11 is 0.